The van der Waals surface area contributed by atoms with E-state index in [4.69, 9.17) is 0 Å². The summed E-state index contributed by atoms with van der Waals surface area (Å²) >= 11 is 0. The number of pyridine rings is 2. The van der Waals surface area contributed by atoms with Gasteiger partial charge in [0.1, 0.15) is 0 Å². The number of hydrogen-bond acceptors (Lipinski definition) is 5. The van der Waals surface area contributed by atoms with Crippen LogP contribution in [0.2, 0.25) is 0 Å². The van der Waals surface area contributed by atoms with Gasteiger partial charge in [-0.15, -0.1) is 0 Å². The highest BCUT2D eigenvalue weighted by molar-refractivity contribution is 5.96. The first kappa shape index (κ1) is 25.6. The molecule has 5 rings (SSSR count). The minimum absolute atomic E-state index is 0.765. The van der Waals surface area contributed by atoms with Crippen molar-refractivity contribution in [2.24, 2.45) is 0 Å². The maximum Gasteiger partial charge on any atom is 0.0544 e. The van der Waals surface area contributed by atoms with E-state index in [-0.39, 0.29) is 0 Å². The smallest absolute Gasteiger partial charge is 0.0544 e. The monoisotopic (exact) mass is 501 g/mol. The molecule has 0 aliphatic heterocycles. The third kappa shape index (κ3) is 6.62. The number of hydrogen-bond donors (Lipinski definition) is 1. The van der Waals surface area contributed by atoms with Crippen molar-refractivity contribution in [2.75, 3.05) is 19.0 Å². The highest BCUT2D eigenvalue weighted by atomic mass is 15.1. The summed E-state index contributed by atoms with van der Waals surface area (Å²) in [5, 5.41) is 6.08. The summed E-state index contributed by atoms with van der Waals surface area (Å²) in [6, 6.07) is 34.3. The van der Waals surface area contributed by atoms with Gasteiger partial charge in [0.15, 0.2) is 0 Å². The van der Waals surface area contributed by atoms with E-state index in [9.17, 15) is 0 Å². The summed E-state index contributed by atoms with van der Waals surface area (Å²) in [6.45, 7) is 4.07. The lowest BCUT2D eigenvalue weighted by Crippen LogP contribution is -2.23. The first-order chi connectivity index (χ1) is 18.7. The van der Waals surface area contributed by atoms with Crippen LogP contribution in [-0.4, -0.2) is 29.0 Å². The molecule has 0 spiro atoms. The Morgan fingerprint density at radius 1 is 0.579 bits per heavy atom. The Hall–Kier alpha value is -4.06. The average molecular weight is 502 g/mol. The molecule has 1 N–H and O–H groups in total. The van der Waals surface area contributed by atoms with Crippen molar-refractivity contribution < 1.29 is 0 Å². The van der Waals surface area contributed by atoms with Crippen molar-refractivity contribution in [2.45, 2.75) is 32.7 Å². The molecule has 0 aliphatic carbocycles. The van der Waals surface area contributed by atoms with Crippen LogP contribution in [0.15, 0.2) is 109 Å². The third-order valence-electron chi connectivity index (χ3n) is 6.77. The molecule has 0 saturated heterocycles. The van der Waals surface area contributed by atoms with E-state index in [0.29, 0.717) is 0 Å². The van der Waals surface area contributed by atoms with Crippen molar-refractivity contribution in [3.8, 4) is 0 Å². The lowest BCUT2D eigenvalue weighted by Gasteiger charge is -2.24. The van der Waals surface area contributed by atoms with Gasteiger partial charge in [-0.05, 0) is 52.4 Å². The van der Waals surface area contributed by atoms with Gasteiger partial charge in [0, 0.05) is 70.3 Å². The number of anilines is 1. The highest BCUT2D eigenvalue weighted by Crippen LogP contribution is 2.29. The van der Waals surface area contributed by atoms with E-state index in [0.717, 1.165) is 44.1 Å². The second kappa shape index (κ2) is 12.5. The molecule has 38 heavy (non-hydrogen) atoms. The van der Waals surface area contributed by atoms with Gasteiger partial charge >= 0.3 is 0 Å². The molecule has 192 valence electrons. The maximum absolute atomic E-state index is 4.61. The zero-order valence-electron chi connectivity index (χ0n) is 22.2. The molecular formula is C33H35N5. The average Bonchev–Trinajstić information content (AvgIpc) is 2.95. The summed E-state index contributed by atoms with van der Waals surface area (Å²) in [6.07, 6.45) is 3.71. The van der Waals surface area contributed by atoms with E-state index in [1.54, 1.807) is 0 Å². The molecule has 0 saturated carbocycles. The second-order valence-corrected chi connectivity index (χ2v) is 9.89. The van der Waals surface area contributed by atoms with E-state index in [1.165, 1.54) is 33.2 Å². The molecule has 0 atom stereocenters. The predicted octanol–water partition coefficient (Wildman–Crippen LogP) is 6.19. The van der Waals surface area contributed by atoms with Crippen LogP contribution < -0.4 is 10.2 Å². The predicted molar refractivity (Wildman–Crippen MR) is 157 cm³/mol. The Bertz CT molecular complexity index is 1430. The molecule has 0 bridgehead atoms. The van der Waals surface area contributed by atoms with Crippen LogP contribution >= 0.6 is 0 Å². The van der Waals surface area contributed by atoms with Crippen molar-refractivity contribution >= 4 is 16.5 Å². The molecule has 0 unspecified atom stereocenters. The van der Waals surface area contributed by atoms with Crippen LogP contribution in [0.25, 0.3) is 10.8 Å². The Morgan fingerprint density at radius 3 is 1.92 bits per heavy atom. The topological polar surface area (TPSA) is 44.3 Å². The summed E-state index contributed by atoms with van der Waals surface area (Å²) in [5.41, 5.74) is 7.28. The van der Waals surface area contributed by atoms with E-state index >= 15 is 0 Å². The molecule has 0 amide bonds. The summed E-state index contributed by atoms with van der Waals surface area (Å²) in [4.78, 5) is 13.7. The fourth-order valence-electron chi connectivity index (χ4n) is 4.86. The number of nitrogens with one attached hydrogen (secondary N) is 1. The van der Waals surface area contributed by atoms with E-state index < -0.39 is 0 Å². The second-order valence-electron chi connectivity index (χ2n) is 9.89. The Balaban J connectivity index is 1.32. The highest BCUT2D eigenvalue weighted by Gasteiger charge is 2.13. The van der Waals surface area contributed by atoms with Gasteiger partial charge in [0.25, 0.3) is 0 Å². The molecule has 3 aromatic carbocycles. The molecular weight excluding hydrogens is 466 g/mol. The van der Waals surface area contributed by atoms with E-state index in [1.807, 2.05) is 36.7 Å². The van der Waals surface area contributed by atoms with Gasteiger partial charge in [-0.1, -0.05) is 66.7 Å². The zero-order valence-corrected chi connectivity index (χ0v) is 22.2. The molecule has 0 radical (unpaired) electrons. The van der Waals surface area contributed by atoms with Crippen LogP contribution in [0, 0.1) is 0 Å². The Morgan fingerprint density at radius 2 is 1.24 bits per heavy atom. The summed E-state index contributed by atoms with van der Waals surface area (Å²) in [7, 11) is 4.21. The van der Waals surface area contributed by atoms with Crippen LogP contribution in [-0.2, 0) is 32.7 Å². The SMILES string of the molecule is CN(C)c1ccc(CN(Cc2ccc(CNCc3ccccn3)cc2)Cc2ccccn2)c2ccccc12. The van der Waals surface area contributed by atoms with Gasteiger partial charge in [0.05, 0.1) is 11.4 Å². The molecule has 5 nitrogen and oxygen atoms in total. The van der Waals surface area contributed by atoms with Crippen molar-refractivity contribution in [3.05, 3.63) is 138 Å². The minimum Gasteiger partial charge on any atom is -0.377 e. The van der Waals surface area contributed by atoms with Crippen LogP contribution in [0.3, 0.4) is 0 Å². The van der Waals surface area contributed by atoms with Crippen LogP contribution in [0.1, 0.15) is 28.1 Å². The molecule has 0 aliphatic rings. The maximum atomic E-state index is 4.61. The lowest BCUT2D eigenvalue weighted by atomic mass is 10.0. The number of nitrogens with zero attached hydrogens (tertiary/aromatic N) is 4. The quantitative estimate of drug-likeness (QED) is 0.234. The first-order valence-corrected chi connectivity index (χ1v) is 13.1. The Kier molecular flexibility index (Phi) is 8.39. The lowest BCUT2D eigenvalue weighted by molar-refractivity contribution is 0.245. The number of fused-ring (bicyclic) bond motifs is 1. The standard InChI is InChI=1S/C33H35N5/c1-37(2)33-18-17-28(31-11-3-4-12-32(31)33)24-38(25-30-10-6-8-20-36-30)23-27-15-13-26(14-16-27)21-34-22-29-9-5-7-19-35-29/h3-20,34H,21-25H2,1-2H3. The van der Waals surface area contributed by atoms with Gasteiger partial charge in [-0.25, -0.2) is 0 Å². The number of benzene rings is 3. The van der Waals surface area contributed by atoms with Gasteiger partial charge in [-0.3, -0.25) is 14.9 Å². The number of aromatic nitrogens is 2. The molecule has 5 aromatic rings. The van der Waals surface area contributed by atoms with Gasteiger partial charge < -0.3 is 10.2 Å². The van der Waals surface area contributed by atoms with Crippen molar-refractivity contribution in [3.63, 3.8) is 0 Å². The van der Waals surface area contributed by atoms with E-state index in [2.05, 4.69) is 112 Å². The first-order valence-electron chi connectivity index (χ1n) is 13.1. The van der Waals surface area contributed by atoms with Crippen LogP contribution in [0.4, 0.5) is 5.69 Å². The molecule has 2 heterocycles. The fraction of sp³-hybridized carbons (Fsp3) is 0.212. The molecule has 5 heteroatoms. The van der Waals surface area contributed by atoms with Crippen molar-refractivity contribution in [1.82, 2.24) is 20.2 Å². The summed E-state index contributed by atoms with van der Waals surface area (Å²) < 4.78 is 0. The fourth-order valence-corrected chi connectivity index (χ4v) is 4.86. The normalized spacial score (nSPS) is 11.2. The zero-order chi connectivity index (χ0) is 26.2. The van der Waals surface area contributed by atoms with Crippen LogP contribution in [0.5, 0.6) is 0 Å². The minimum atomic E-state index is 0.765. The Labute approximate surface area is 225 Å². The number of rotatable bonds is 11. The van der Waals surface area contributed by atoms with Gasteiger partial charge in [0.2, 0.25) is 0 Å². The van der Waals surface area contributed by atoms with Gasteiger partial charge in [-0.2, -0.15) is 0 Å². The third-order valence-corrected chi connectivity index (χ3v) is 6.77. The summed E-state index contributed by atoms with van der Waals surface area (Å²) in [5.74, 6) is 0. The molecule has 0 fully saturated rings. The molecule has 2 aromatic heterocycles. The largest absolute Gasteiger partial charge is 0.377 e. The van der Waals surface area contributed by atoms with Crippen molar-refractivity contribution in [1.29, 1.82) is 0 Å².